The molecular weight excluding hydrogens is 188 g/mol. The highest BCUT2D eigenvalue weighted by Gasteiger charge is 2.34. The van der Waals surface area contributed by atoms with Gasteiger partial charge in [0.2, 0.25) is 0 Å². The van der Waals surface area contributed by atoms with Gasteiger partial charge >= 0.3 is 0 Å². The highest BCUT2D eigenvalue weighted by Crippen LogP contribution is 2.37. The molecule has 0 amide bonds. The normalized spacial score (nSPS) is 30.7. The average molecular weight is 212 g/mol. The van der Waals surface area contributed by atoms with Gasteiger partial charge in [0.05, 0.1) is 6.10 Å². The molecule has 1 saturated carbocycles. The van der Waals surface area contributed by atoms with Crippen molar-refractivity contribution < 1.29 is 9.90 Å². The fraction of sp³-hybridized carbons (Fsp3) is 0.923. The van der Waals surface area contributed by atoms with E-state index in [1.807, 2.05) is 0 Å². The van der Waals surface area contributed by atoms with E-state index in [1.165, 1.54) is 19.3 Å². The van der Waals surface area contributed by atoms with Gasteiger partial charge in [-0.05, 0) is 38.0 Å². The van der Waals surface area contributed by atoms with Crippen LogP contribution < -0.4 is 0 Å². The summed E-state index contributed by atoms with van der Waals surface area (Å²) in [7, 11) is 0. The summed E-state index contributed by atoms with van der Waals surface area (Å²) in [6, 6.07) is 0. The van der Waals surface area contributed by atoms with Crippen LogP contribution in [0.2, 0.25) is 0 Å². The lowest BCUT2D eigenvalue weighted by Gasteiger charge is -2.21. The van der Waals surface area contributed by atoms with Crippen molar-refractivity contribution in [3.05, 3.63) is 0 Å². The number of ketones is 1. The number of unbranched alkanes of at least 4 members (excludes halogenated alkanes) is 2. The van der Waals surface area contributed by atoms with E-state index < -0.39 is 0 Å². The fourth-order valence-electron chi connectivity index (χ4n) is 2.81. The Bertz CT molecular complexity index is 201. The molecule has 0 radical (unpaired) electrons. The minimum absolute atomic E-state index is 0.147. The summed E-state index contributed by atoms with van der Waals surface area (Å²) in [6.07, 6.45) is 7.24. The van der Waals surface area contributed by atoms with E-state index >= 15 is 0 Å². The van der Waals surface area contributed by atoms with Crippen LogP contribution in [0.3, 0.4) is 0 Å². The zero-order valence-corrected chi connectivity index (χ0v) is 10.0. The van der Waals surface area contributed by atoms with E-state index in [1.54, 1.807) is 6.92 Å². The number of carbonyl (C=O) groups excluding carboxylic acids is 1. The maximum Gasteiger partial charge on any atom is 0.130 e. The number of hydrogen-bond donors (Lipinski definition) is 1. The Morgan fingerprint density at radius 2 is 2.07 bits per heavy atom. The van der Waals surface area contributed by atoms with Gasteiger partial charge in [-0.1, -0.05) is 26.2 Å². The van der Waals surface area contributed by atoms with Gasteiger partial charge in [-0.3, -0.25) is 0 Å². The molecule has 0 aliphatic heterocycles. The molecule has 0 aromatic rings. The largest absolute Gasteiger partial charge is 0.393 e. The van der Waals surface area contributed by atoms with Gasteiger partial charge in [0.25, 0.3) is 0 Å². The molecular formula is C13H24O2. The van der Waals surface area contributed by atoms with E-state index in [0.717, 1.165) is 19.3 Å². The summed E-state index contributed by atoms with van der Waals surface area (Å²) in [5.41, 5.74) is 0. The Morgan fingerprint density at radius 1 is 1.33 bits per heavy atom. The van der Waals surface area contributed by atoms with Crippen molar-refractivity contribution in [3.63, 3.8) is 0 Å². The van der Waals surface area contributed by atoms with Crippen LogP contribution in [0.4, 0.5) is 0 Å². The predicted octanol–water partition coefficient (Wildman–Crippen LogP) is 2.93. The van der Waals surface area contributed by atoms with Crippen molar-refractivity contribution >= 4 is 5.78 Å². The molecule has 0 saturated heterocycles. The zero-order chi connectivity index (χ0) is 11.3. The smallest absolute Gasteiger partial charge is 0.130 e. The van der Waals surface area contributed by atoms with Gasteiger partial charge in [0.15, 0.2) is 0 Å². The quantitative estimate of drug-likeness (QED) is 0.687. The van der Waals surface area contributed by atoms with Crippen molar-refractivity contribution in [3.8, 4) is 0 Å². The first kappa shape index (κ1) is 12.7. The van der Waals surface area contributed by atoms with Crippen LogP contribution in [-0.2, 0) is 4.79 Å². The Kier molecular flexibility index (Phi) is 5.30. The monoisotopic (exact) mass is 212 g/mol. The second-order valence-electron chi connectivity index (χ2n) is 4.97. The molecule has 0 spiro atoms. The Labute approximate surface area is 93.1 Å². The van der Waals surface area contributed by atoms with Crippen LogP contribution in [0.25, 0.3) is 0 Å². The lowest BCUT2D eigenvalue weighted by atomic mass is 9.86. The van der Waals surface area contributed by atoms with Crippen LogP contribution in [0, 0.1) is 11.8 Å². The zero-order valence-electron chi connectivity index (χ0n) is 10.0. The second kappa shape index (κ2) is 6.26. The third-order valence-corrected chi connectivity index (χ3v) is 3.62. The summed E-state index contributed by atoms with van der Waals surface area (Å²) in [5.74, 6) is 1.12. The van der Waals surface area contributed by atoms with Crippen LogP contribution in [0.15, 0.2) is 0 Å². The van der Waals surface area contributed by atoms with Crippen molar-refractivity contribution in [2.24, 2.45) is 11.8 Å². The molecule has 3 atom stereocenters. The van der Waals surface area contributed by atoms with Crippen LogP contribution >= 0.6 is 0 Å². The Hall–Kier alpha value is -0.370. The van der Waals surface area contributed by atoms with Gasteiger partial charge in [-0.15, -0.1) is 0 Å². The minimum Gasteiger partial charge on any atom is -0.393 e. The number of aliphatic hydroxyl groups is 1. The predicted molar refractivity (Wildman–Crippen MR) is 61.7 cm³/mol. The lowest BCUT2D eigenvalue weighted by molar-refractivity contribution is -0.118. The third kappa shape index (κ3) is 3.94. The van der Waals surface area contributed by atoms with Crippen LogP contribution in [0.1, 0.15) is 58.8 Å². The maximum atomic E-state index is 11.1. The number of Topliss-reactive ketones (excluding diaryl/α,β-unsaturated/α-hetero) is 1. The van der Waals surface area contributed by atoms with E-state index in [-0.39, 0.29) is 11.9 Å². The molecule has 3 unspecified atom stereocenters. The minimum atomic E-state index is -0.147. The molecule has 0 bridgehead atoms. The van der Waals surface area contributed by atoms with Gasteiger partial charge in [0.1, 0.15) is 5.78 Å². The molecule has 0 heterocycles. The molecule has 1 fully saturated rings. The molecule has 1 aliphatic rings. The molecule has 15 heavy (non-hydrogen) atoms. The Balaban J connectivity index is 2.38. The first-order chi connectivity index (χ1) is 7.15. The van der Waals surface area contributed by atoms with E-state index in [4.69, 9.17) is 0 Å². The first-order valence-electron chi connectivity index (χ1n) is 6.32. The van der Waals surface area contributed by atoms with Crippen molar-refractivity contribution in [1.82, 2.24) is 0 Å². The lowest BCUT2D eigenvalue weighted by Crippen LogP contribution is -2.20. The van der Waals surface area contributed by atoms with E-state index in [2.05, 4.69) is 6.92 Å². The number of hydrogen-bond acceptors (Lipinski definition) is 2. The van der Waals surface area contributed by atoms with E-state index in [9.17, 15) is 9.90 Å². The maximum absolute atomic E-state index is 11.1. The molecule has 0 aromatic heterocycles. The highest BCUT2D eigenvalue weighted by molar-refractivity contribution is 5.75. The molecule has 2 heteroatoms. The molecule has 1 aliphatic carbocycles. The molecule has 1 N–H and O–H groups in total. The first-order valence-corrected chi connectivity index (χ1v) is 6.32. The topological polar surface area (TPSA) is 37.3 Å². The molecule has 2 nitrogen and oxygen atoms in total. The molecule has 1 rings (SSSR count). The van der Waals surface area contributed by atoms with E-state index in [0.29, 0.717) is 18.3 Å². The fourth-order valence-corrected chi connectivity index (χ4v) is 2.81. The van der Waals surface area contributed by atoms with Crippen LogP contribution in [-0.4, -0.2) is 17.0 Å². The van der Waals surface area contributed by atoms with Gasteiger partial charge in [-0.2, -0.15) is 0 Å². The highest BCUT2D eigenvalue weighted by atomic mass is 16.3. The summed E-state index contributed by atoms with van der Waals surface area (Å²) >= 11 is 0. The standard InChI is InChI=1S/C13H24O2/c1-3-4-5-6-12-11(9-10(2)14)7-8-13(12)15/h11-13,15H,3-9H2,1-2H3. The summed E-state index contributed by atoms with van der Waals surface area (Å²) in [4.78, 5) is 11.1. The van der Waals surface area contributed by atoms with Gasteiger partial charge in [-0.25, -0.2) is 0 Å². The third-order valence-electron chi connectivity index (χ3n) is 3.62. The van der Waals surface area contributed by atoms with Crippen LogP contribution in [0.5, 0.6) is 0 Å². The summed E-state index contributed by atoms with van der Waals surface area (Å²) in [6.45, 7) is 3.85. The van der Waals surface area contributed by atoms with Crippen molar-refractivity contribution in [2.75, 3.05) is 0 Å². The second-order valence-corrected chi connectivity index (χ2v) is 4.97. The van der Waals surface area contributed by atoms with Crippen molar-refractivity contribution in [2.45, 2.75) is 64.9 Å². The van der Waals surface area contributed by atoms with Crippen molar-refractivity contribution in [1.29, 1.82) is 0 Å². The molecule has 0 aromatic carbocycles. The average Bonchev–Trinajstić information content (AvgIpc) is 2.49. The Morgan fingerprint density at radius 3 is 2.67 bits per heavy atom. The summed E-state index contributed by atoms with van der Waals surface area (Å²) in [5, 5.41) is 9.86. The number of aliphatic hydroxyl groups excluding tert-OH is 1. The summed E-state index contributed by atoms with van der Waals surface area (Å²) < 4.78 is 0. The number of carbonyl (C=O) groups is 1. The van der Waals surface area contributed by atoms with Gasteiger partial charge < -0.3 is 9.90 Å². The number of rotatable bonds is 6. The SMILES string of the molecule is CCCCCC1C(O)CCC1CC(C)=O. The van der Waals surface area contributed by atoms with Gasteiger partial charge in [0, 0.05) is 6.42 Å². The molecule has 88 valence electrons.